The first-order valence-electron chi connectivity index (χ1n) is 9.91. The molecule has 1 saturated heterocycles. The highest BCUT2D eigenvalue weighted by Crippen LogP contribution is 2.25. The summed E-state index contributed by atoms with van der Waals surface area (Å²) in [4.78, 5) is 26.0. The number of ether oxygens (including phenoxy) is 1. The second-order valence-corrected chi connectivity index (χ2v) is 7.60. The van der Waals surface area contributed by atoms with Gasteiger partial charge in [0.05, 0.1) is 25.2 Å². The fourth-order valence-electron chi connectivity index (χ4n) is 3.56. The first-order chi connectivity index (χ1) is 14.6. The highest BCUT2D eigenvalue weighted by molar-refractivity contribution is 6.31. The molecule has 4 rings (SSSR count). The van der Waals surface area contributed by atoms with Gasteiger partial charge in [0.15, 0.2) is 0 Å². The summed E-state index contributed by atoms with van der Waals surface area (Å²) < 4.78 is 5.13. The van der Waals surface area contributed by atoms with Crippen LogP contribution in [-0.2, 0) is 16.1 Å². The lowest BCUT2D eigenvalue weighted by atomic mass is 10.2. The molecule has 1 fully saturated rings. The van der Waals surface area contributed by atoms with Crippen molar-refractivity contribution in [3.63, 3.8) is 0 Å². The van der Waals surface area contributed by atoms with Gasteiger partial charge in [-0.25, -0.2) is 9.97 Å². The van der Waals surface area contributed by atoms with Crippen LogP contribution in [0.3, 0.4) is 0 Å². The topological polar surface area (TPSA) is 70.6 Å². The van der Waals surface area contributed by atoms with E-state index in [1.54, 1.807) is 7.11 Å². The Morgan fingerprint density at radius 1 is 1.13 bits per heavy atom. The molecular weight excluding hydrogens is 402 g/mol. The predicted octanol–water partition coefficient (Wildman–Crippen LogP) is 3.19. The van der Waals surface area contributed by atoms with E-state index < -0.39 is 0 Å². The number of para-hydroxylation sites is 1. The van der Waals surface area contributed by atoms with Crippen molar-refractivity contribution in [3.05, 3.63) is 59.4 Å². The average Bonchev–Trinajstić information content (AvgIpc) is 2.75. The zero-order valence-electron chi connectivity index (χ0n) is 16.8. The Morgan fingerprint density at radius 2 is 1.97 bits per heavy atom. The molecule has 1 amide bonds. The Balaban J connectivity index is 1.51. The largest absolute Gasteiger partial charge is 0.383 e. The van der Waals surface area contributed by atoms with E-state index in [9.17, 15) is 4.79 Å². The smallest absolute Gasteiger partial charge is 0.241 e. The van der Waals surface area contributed by atoms with Crippen LogP contribution in [0.5, 0.6) is 0 Å². The van der Waals surface area contributed by atoms with Crippen LogP contribution >= 0.6 is 11.6 Å². The van der Waals surface area contributed by atoms with E-state index >= 15 is 0 Å². The average molecular weight is 426 g/mol. The number of carbonyl (C=O) groups is 1. The third kappa shape index (κ3) is 4.70. The summed E-state index contributed by atoms with van der Waals surface area (Å²) in [7, 11) is 1.66. The quantitative estimate of drug-likeness (QED) is 0.586. The molecule has 0 spiro atoms. The molecule has 8 heteroatoms. The summed E-state index contributed by atoms with van der Waals surface area (Å²) in [5.41, 5.74) is 1.75. The van der Waals surface area contributed by atoms with Gasteiger partial charge in [-0.3, -0.25) is 9.69 Å². The van der Waals surface area contributed by atoms with Gasteiger partial charge in [0.25, 0.3) is 0 Å². The molecule has 0 atom stereocenters. The Bertz CT molecular complexity index is 1030. The Hall–Kier alpha value is -2.74. The lowest BCUT2D eigenvalue weighted by Gasteiger charge is -2.34. The number of rotatable bonds is 7. The van der Waals surface area contributed by atoms with Crippen LogP contribution in [0.2, 0.25) is 5.02 Å². The van der Waals surface area contributed by atoms with E-state index in [0.717, 1.165) is 29.0 Å². The summed E-state index contributed by atoms with van der Waals surface area (Å²) in [6.45, 7) is 3.44. The normalized spacial score (nSPS) is 15.0. The van der Waals surface area contributed by atoms with E-state index in [1.807, 2.05) is 53.4 Å². The number of anilines is 2. The number of carbonyl (C=O) groups excluding carboxylic acids is 1. The van der Waals surface area contributed by atoms with Crippen LogP contribution in [0.1, 0.15) is 5.82 Å². The second kappa shape index (κ2) is 9.38. The molecule has 0 bridgehead atoms. The van der Waals surface area contributed by atoms with Gasteiger partial charge in [0.1, 0.15) is 11.6 Å². The van der Waals surface area contributed by atoms with Crippen LogP contribution < -0.4 is 10.2 Å². The molecule has 0 aliphatic carbocycles. The number of halogens is 1. The van der Waals surface area contributed by atoms with Gasteiger partial charge in [0.2, 0.25) is 5.91 Å². The van der Waals surface area contributed by atoms with E-state index in [2.05, 4.69) is 10.2 Å². The van der Waals surface area contributed by atoms with Crippen LogP contribution in [-0.4, -0.2) is 60.7 Å². The molecule has 0 unspecified atom stereocenters. The molecule has 0 radical (unpaired) electrons. The number of aromatic nitrogens is 2. The monoisotopic (exact) mass is 425 g/mol. The number of benzene rings is 2. The molecule has 3 aromatic rings. The van der Waals surface area contributed by atoms with Crippen LogP contribution in [0.25, 0.3) is 10.9 Å². The Morgan fingerprint density at radius 3 is 2.73 bits per heavy atom. The van der Waals surface area contributed by atoms with Gasteiger partial charge < -0.3 is 15.0 Å². The molecule has 30 heavy (non-hydrogen) atoms. The SMILES string of the molecule is COCCNc1nc(CN2CCN(c3ccccc3)C(=O)C2)nc2ccc(Cl)cc12. The maximum absolute atomic E-state index is 12.7. The van der Waals surface area contributed by atoms with Crippen molar-refractivity contribution < 1.29 is 9.53 Å². The number of fused-ring (bicyclic) bond motifs is 1. The minimum atomic E-state index is 0.0819. The maximum atomic E-state index is 12.7. The lowest BCUT2D eigenvalue weighted by molar-refractivity contribution is -0.121. The second-order valence-electron chi connectivity index (χ2n) is 7.16. The van der Waals surface area contributed by atoms with Gasteiger partial charge >= 0.3 is 0 Å². The molecule has 156 valence electrons. The van der Waals surface area contributed by atoms with Crippen LogP contribution in [0, 0.1) is 0 Å². The number of methoxy groups -OCH3 is 1. The third-order valence-corrected chi connectivity index (χ3v) is 5.27. The standard InChI is InChI=1S/C22H24ClN5O2/c1-30-12-9-24-22-18-13-16(23)7-8-19(18)25-20(26-22)14-27-10-11-28(21(29)15-27)17-5-3-2-4-6-17/h2-8,13H,9-12,14-15H2,1H3,(H,24,25,26). The van der Waals surface area contributed by atoms with Crippen LogP contribution in [0.4, 0.5) is 11.5 Å². The highest BCUT2D eigenvalue weighted by atomic mass is 35.5. The molecule has 1 aliphatic rings. The van der Waals surface area contributed by atoms with Gasteiger partial charge in [-0.05, 0) is 30.3 Å². The highest BCUT2D eigenvalue weighted by Gasteiger charge is 2.25. The van der Waals surface area contributed by atoms with Crippen molar-refractivity contribution in [3.8, 4) is 0 Å². The summed E-state index contributed by atoms with van der Waals surface area (Å²) in [6, 6.07) is 15.3. The van der Waals surface area contributed by atoms with Gasteiger partial charge in [-0.1, -0.05) is 29.8 Å². The van der Waals surface area contributed by atoms with Crippen molar-refractivity contribution in [1.29, 1.82) is 0 Å². The summed E-state index contributed by atoms with van der Waals surface area (Å²) in [6.07, 6.45) is 0. The fourth-order valence-corrected chi connectivity index (χ4v) is 3.74. The van der Waals surface area contributed by atoms with E-state index in [0.29, 0.717) is 43.6 Å². The summed E-state index contributed by atoms with van der Waals surface area (Å²) in [5.74, 6) is 1.48. The van der Waals surface area contributed by atoms with Crippen molar-refractivity contribution in [2.24, 2.45) is 0 Å². The van der Waals surface area contributed by atoms with Crippen molar-refractivity contribution in [1.82, 2.24) is 14.9 Å². The maximum Gasteiger partial charge on any atom is 0.241 e. The minimum absolute atomic E-state index is 0.0819. The number of hydrogen-bond donors (Lipinski definition) is 1. The lowest BCUT2D eigenvalue weighted by Crippen LogP contribution is -2.50. The van der Waals surface area contributed by atoms with E-state index in [-0.39, 0.29) is 5.91 Å². The number of nitrogens with one attached hydrogen (secondary N) is 1. The first kappa shape index (κ1) is 20.5. The Kier molecular flexibility index (Phi) is 6.42. The first-order valence-corrected chi connectivity index (χ1v) is 10.3. The predicted molar refractivity (Wildman–Crippen MR) is 119 cm³/mol. The molecule has 2 aromatic carbocycles. The number of amides is 1. The Labute approximate surface area is 180 Å². The number of hydrogen-bond acceptors (Lipinski definition) is 6. The molecule has 1 aliphatic heterocycles. The van der Waals surface area contributed by atoms with Gasteiger partial charge in [-0.2, -0.15) is 0 Å². The molecule has 2 heterocycles. The van der Waals surface area contributed by atoms with Crippen LogP contribution in [0.15, 0.2) is 48.5 Å². The summed E-state index contributed by atoms with van der Waals surface area (Å²) >= 11 is 6.17. The molecule has 0 saturated carbocycles. The number of nitrogens with zero attached hydrogens (tertiary/aromatic N) is 4. The molecule has 1 N–H and O–H groups in total. The molecule has 1 aromatic heterocycles. The van der Waals surface area contributed by atoms with Crippen molar-refractivity contribution in [2.75, 3.05) is 50.1 Å². The molecular formula is C22H24ClN5O2. The fraction of sp³-hybridized carbons (Fsp3) is 0.318. The summed E-state index contributed by atoms with van der Waals surface area (Å²) in [5, 5.41) is 4.81. The van der Waals surface area contributed by atoms with E-state index in [4.69, 9.17) is 26.3 Å². The van der Waals surface area contributed by atoms with E-state index in [1.165, 1.54) is 0 Å². The zero-order valence-corrected chi connectivity index (χ0v) is 17.6. The van der Waals surface area contributed by atoms with Gasteiger partial charge in [0, 0.05) is 42.8 Å². The minimum Gasteiger partial charge on any atom is -0.383 e. The van der Waals surface area contributed by atoms with Crippen molar-refractivity contribution in [2.45, 2.75) is 6.54 Å². The zero-order chi connectivity index (χ0) is 20.9. The molecule has 7 nitrogen and oxygen atoms in total. The third-order valence-electron chi connectivity index (χ3n) is 5.04. The number of piperazine rings is 1. The van der Waals surface area contributed by atoms with Gasteiger partial charge in [-0.15, -0.1) is 0 Å². The van der Waals surface area contributed by atoms with Crippen molar-refractivity contribution >= 4 is 39.9 Å².